The molecule has 1 aromatic carbocycles. The molecule has 5 heteroatoms. The summed E-state index contributed by atoms with van der Waals surface area (Å²) in [6.45, 7) is 2.42. The van der Waals surface area contributed by atoms with E-state index in [0.717, 1.165) is 22.7 Å². The van der Waals surface area contributed by atoms with Gasteiger partial charge in [-0.2, -0.15) is 0 Å². The van der Waals surface area contributed by atoms with E-state index in [1.807, 2.05) is 60.0 Å². The van der Waals surface area contributed by atoms with Gasteiger partial charge in [-0.15, -0.1) is 0 Å². The highest BCUT2D eigenvalue weighted by atomic mass is 16.5. The Morgan fingerprint density at radius 3 is 2.83 bits per heavy atom. The van der Waals surface area contributed by atoms with Crippen molar-refractivity contribution in [1.82, 2.24) is 14.7 Å². The van der Waals surface area contributed by atoms with Crippen molar-refractivity contribution in [2.24, 2.45) is 0 Å². The molecule has 23 heavy (non-hydrogen) atoms. The molecule has 0 radical (unpaired) electrons. The lowest BCUT2D eigenvalue weighted by Crippen LogP contribution is -2.26. The Bertz CT molecular complexity index is 839. The smallest absolute Gasteiger partial charge is 0.272 e. The molecule has 118 valence electrons. The largest absolute Gasteiger partial charge is 0.496 e. The fourth-order valence-corrected chi connectivity index (χ4v) is 2.66. The van der Waals surface area contributed by atoms with Crippen LogP contribution in [0.4, 0.5) is 0 Å². The molecule has 1 N–H and O–H groups in total. The SMILES string of the molecule is COc1ccccc1CCNC(=O)c1nc(C)n2ccccc12. The topological polar surface area (TPSA) is 55.6 Å². The van der Waals surface area contributed by atoms with E-state index < -0.39 is 0 Å². The Labute approximate surface area is 134 Å². The molecule has 3 rings (SSSR count). The number of pyridine rings is 1. The maximum atomic E-state index is 12.4. The average Bonchev–Trinajstić information content (AvgIpc) is 2.93. The summed E-state index contributed by atoms with van der Waals surface area (Å²) in [5.74, 6) is 1.48. The molecule has 0 bridgehead atoms. The van der Waals surface area contributed by atoms with Gasteiger partial charge in [0.05, 0.1) is 12.6 Å². The number of fused-ring (bicyclic) bond motifs is 1. The number of benzene rings is 1. The molecule has 5 nitrogen and oxygen atoms in total. The number of rotatable bonds is 5. The standard InChI is InChI=1S/C18H19N3O2/c1-13-20-17(15-8-5-6-12-21(13)15)18(22)19-11-10-14-7-3-4-9-16(14)23-2/h3-9,12H,10-11H2,1-2H3,(H,19,22). The first-order valence-corrected chi connectivity index (χ1v) is 7.54. The van der Waals surface area contributed by atoms with Gasteiger partial charge in [-0.3, -0.25) is 4.79 Å². The summed E-state index contributed by atoms with van der Waals surface area (Å²) in [5, 5.41) is 2.93. The first kappa shape index (κ1) is 15.1. The molecule has 0 atom stereocenters. The quantitative estimate of drug-likeness (QED) is 0.788. The average molecular weight is 309 g/mol. The number of para-hydroxylation sites is 1. The van der Waals surface area contributed by atoms with Gasteiger partial charge >= 0.3 is 0 Å². The lowest BCUT2D eigenvalue weighted by Gasteiger charge is -2.08. The van der Waals surface area contributed by atoms with Crippen LogP contribution >= 0.6 is 0 Å². The molecule has 0 unspecified atom stereocenters. The molecule has 0 saturated heterocycles. The minimum Gasteiger partial charge on any atom is -0.496 e. The van der Waals surface area contributed by atoms with Gasteiger partial charge in [0.2, 0.25) is 0 Å². The van der Waals surface area contributed by atoms with Crippen molar-refractivity contribution in [3.8, 4) is 5.75 Å². The Hall–Kier alpha value is -2.82. The minimum absolute atomic E-state index is 0.156. The van der Waals surface area contributed by atoms with Crippen LogP contribution in [0.5, 0.6) is 5.75 Å². The number of methoxy groups -OCH3 is 1. The van der Waals surface area contributed by atoms with Crippen molar-refractivity contribution < 1.29 is 9.53 Å². The highest BCUT2D eigenvalue weighted by Crippen LogP contribution is 2.17. The van der Waals surface area contributed by atoms with E-state index >= 15 is 0 Å². The van der Waals surface area contributed by atoms with Gasteiger partial charge in [0.1, 0.15) is 11.6 Å². The van der Waals surface area contributed by atoms with Gasteiger partial charge in [-0.25, -0.2) is 4.98 Å². The van der Waals surface area contributed by atoms with Crippen LogP contribution in [0.3, 0.4) is 0 Å². The minimum atomic E-state index is -0.156. The second kappa shape index (κ2) is 6.52. The lowest BCUT2D eigenvalue weighted by molar-refractivity contribution is 0.0951. The monoisotopic (exact) mass is 309 g/mol. The molecule has 2 aromatic heterocycles. The van der Waals surface area contributed by atoms with Gasteiger partial charge < -0.3 is 14.5 Å². The number of nitrogens with zero attached hydrogens (tertiary/aromatic N) is 2. The normalized spacial score (nSPS) is 10.7. The number of aryl methyl sites for hydroxylation is 1. The maximum absolute atomic E-state index is 12.4. The van der Waals surface area contributed by atoms with Crippen molar-refractivity contribution in [2.75, 3.05) is 13.7 Å². The number of carbonyl (C=O) groups excluding carboxylic acids is 1. The fraction of sp³-hybridized carbons (Fsp3) is 0.222. The zero-order chi connectivity index (χ0) is 16.2. The predicted octanol–water partition coefficient (Wildman–Crippen LogP) is 2.62. The van der Waals surface area contributed by atoms with Crippen molar-refractivity contribution in [1.29, 1.82) is 0 Å². The van der Waals surface area contributed by atoms with Crippen LogP contribution in [0.25, 0.3) is 5.52 Å². The van der Waals surface area contributed by atoms with Gasteiger partial charge in [-0.05, 0) is 37.1 Å². The van der Waals surface area contributed by atoms with Crippen molar-refractivity contribution >= 4 is 11.4 Å². The number of ether oxygens (including phenoxy) is 1. The lowest BCUT2D eigenvalue weighted by atomic mass is 10.1. The van der Waals surface area contributed by atoms with Crippen LogP contribution in [-0.4, -0.2) is 28.9 Å². The molecule has 0 spiro atoms. The Kier molecular flexibility index (Phi) is 4.28. The second-order valence-corrected chi connectivity index (χ2v) is 5.28. The summed E-state index contributed by atoms with van der Waals surface area (Å²) in [6.07, 6.45) is 2.61. The van der Waals surface area contributed by atoms with Gasteiger partial charge in [0.25, 0.3) is 5.91 Å². The van der Waals surface area contributed by atoms with Crippen LogP contribution in [-0.2, 0) is 6.42 Å². The summed E-state index contributed by atoms with van der Waals surface area (Å²) in [4.78, 5) is 16.8. The van der Waals surface area contributed by atoms with Crippen LogP contribution in [0, 0.1) is 6.92 Å². The van der Waals surface area contributed by atoms with E-state index in [9.17, 15) is 4.79 Å². The molecule has 0 aliphatic heterocycles. The molecule has 0 fully saturated rings. The van der Waals surface area contributed by atoms with Gasteiger partial charge in [-0.1, -0.05) is 24.3 Å². The van der Waals surface area contributed by atoms with E-state index in [1.54, 1.807) is 7.11 Å². The molecular weight excluding hydrogens is 290 g/mol. The van der Waals surface area contributed by atoms with Gasteiger partial charge in [0, 0.05) is 12.7 Å². The van der Waals surface area contributed by atoms with E-state index in [1.165, 1.54) is 0 Å². The third-order valence-corrected chi connectivity index (χ3v) is 3.81. The summed E-state index contributed by atoms with van der Waals surface area (Å²) >= 11 is 0. The molecule has 3 aromatic rings. The van der Waals surface area contributed by atoms with Crippen molar-refractivity contribution in [3.63, 3.8) is 0 Å². The zero-order valence-electron chi connectivity index (χ0n) is 13.2. The third kappa shape index (κ3) is 3.04. The summed E-state index contributed by atoms with van der Waals surface area (Å²) in [6, 6.07) is 13.5. The summed E-state index contributed by atoms with van der Waals surface area (Å²) < 4.78 is 7.23. The van der Waals surface area contributed by atoms with Crippen LogP contribution < -0.4 is 10.1 Å². The van der Waals surface area contributed by atoms with Crippen LogP contribution in [0.15, 0.2) is 48.7 Å². The molecule has 0 saturated carbocycles. The van der Waals surface area contributed by atoms with Crippen molar-refractivity contribution in [3.05, 3.63) is 65.7 Å². The zero-order valence-corrected chi connectivity index (χ0v) is 13.2. The number of imidazole rings is 1. The number of nitrogens with one attached hydrogen (secondary N) is 1. The molecular formula is C18H19N3O2. The third-order valence-electron chi connectivity index (χ3n) is 3.81. The van der Waals surface area contributed by atoms with Gasteiger partial charge in [0.15, 0.2) is 5.69 Å². The number of hydrogen-bond donors (Lipinski definition) is 1. The maximum Gasteiger partial charge on any atom is 0.272 e. The first-order valence-electron chi connectivity index (χ1n) is 7.54. The van der Waals surface area contributed by atoms with E-state index in [4.69, 9.17) is 4.74 Å². The van der Waals surface area contributed by atoms with Crippen molar-refractivity contribution in [2.45, 2.75) is 13.3 Å². The Morgan fingerprint density at radius 1 is 1.22 bits per heavy atom. The fourth-order valence-electron chi connectivity index (χ4n) is 2.66. The number of carbonyl (C=O) groups is 1. The Morgan fingerprint density at radius 2 is 2.00 bits per heavy atom. The van der Waals surface area contributed by atoms with Crippen LogP contribution in [0.2, 0.25) is 0 Å². The number of aromatic nitrogens is 2. The highest BCUT2D eigenvalue weighted by Gasteiger charge is 2.15. The first-order chi connectivity index (χ1) is 11.2. The number of amides is 1. The summed E-state index contributed by atoms with van der Waals surface area (Å²) in [7, 11) is 1.65. The van der Waals surface area contributed by atoms with E-state index in [2.05, 4.69) is 10.3 Å². The van der Waals surface area contributed by atoms with Crippen LogP contribution in [0.1, 0.15) is 21.9 Å². The molecule has 1 amide bonds. The van der Waals surface area contributed by atoms with E-state index in [-0.39, 0.29) is 5.91 Å². The van der Waals surface area contributed by atoms with E-state index in [0.29, 0.717) is 18.7 Å². The molecule has 0 aliphatic carbocycles. The predicted molar refractivity (Wildman–Crippen MR) is 89.0 cm³/mol. The summed E-state index contributed by atoms with van der Waals surface area (Å²) in [5.41, 5.74) is 2.35. The Balaban J connectivity index is 1.70. The molecule has 2 heterocycles. The second-order valence-electron chi connectivity index (χ2n) is 5.28. The number of hydrogen-bond acceptors (Lipinski definition) is 3. The highest BCUT2D eigenvalue weighted by molar-refractivity contribution is 5.99. The molecule has 0 aliphatic rings.